The highest BCUT2D eigenvalue weighted by molar-refractivity contribution is 6.74. The van der Waals surface area contributed by atoms with Gasteiger partial charge in [-0.25, -0.2) is 0 Å². The van der Waals surface area contributed by atoms with Crippen molar-refractivity contribution in [1.29, 1.82) is 0 Å². The number of hydrogen-bond acceptors (Lipinski definition) is 2. The van der Waals surface area contributed by atoms with Gasteiger partial charge in [-0.15, -0.1) is 0 Å². The SMILES string of the molecule is O=C([B]C1CCCCCCC1)NC1CCCCC(N[B]C2CCCCCCC2)CC1. The molecule has 0 bridgehead atoms. The standard InChI is InChI=1S/C25H46B2N2O/c30-25(26-21-13-7-3-1-4-8-14-21)28-23-17-11-12-18-24(20-19-23)29-27-22-15-9-5-2-6-10-16-22/h21-24,29H,1-20H2,(H,28,30). The van der Waals surface area contributed by atoms with Gasteiger partial charge in [-0.05, 0) is 31.7 Å². The molecule has 0 aromatic heterocycles. The Balaban J connectivity index is 1.36. The molecule has 0 aromatic carbocycles. The van der Waals surface area contributed by atoms with Gasteiger partial charge >= 0.3 is 0 Å². The maximum atomic E-state index is 12.7. The fourth-order valence-corrected chi connectivity index (χ4v) is 5.83. The third kappa shape index (κ3) is 9.79. The Morgan fingerprint density at radius 1 is 0.533 bits per heavy atom. The molecule has 3 aliphatic rings. The maximum absolute atomic E-state index is 12.7. The van der Waals surface area contributed by atoms with E-state index in [1.165, 1.54) is 116 Å². The smallest absolute Gasteiger partial charge is 0.236 e. The van der Waals surface area contributed by atoms with E-state index >= 15 is 0 Å². The fourth-order valence-electron chi connectivity index (χ4n) is 5.83. The molecule has 5 heteroatoms. The lowest BCUT2D eigenvalue weighted by Crippen LogP contribution is -2.41. The van der Waals surface area contributed by atoms with Crippen LogP contribution in [-0.2, 0) is 0 Å². The van der Waals surface area contributed by atoms with Gasteiger partial charge in [0.2, 0.25) is 14.7 Å². The van der Waals surface area contributed by atoms with Gasteiger partial charge < -0.3 is 10.5 Å². The predicted molar refractivity (Wildman–Crippen MR) is 131 cm³/mol. The van der Waals surface area contributed by atoms with Crippen molar-refractivity contribution >= 4 is 20.5 Å². The molecule has 3 rings (SSSR count). The highest BCUT2D eigenvalue weighted by Gasteiger charge is 2.23. The zero-order valence-corrected chi connectivity index (χ0v) is 19.5. The summed E-state index contributed by atoms with van der Waals surface area (Å²) >= 11 is 0. The zero-order chi connectivity index (χ0) is 20.9. The number of nitrogens with one attached hydrogen (secondary N) is 2. The van der Waals surface area contributed by atoms with Crippen molar-refractivity contribution in [3.8, 4) is 0 Å². The van der Waals surface area contributed by atoms with Crippen LogP contribution in [0.2, 0.25) is 11.6 Å². The predicted octanol–water partition coefficient (Wildman–Crippen LogP) is 6.77. The minimum atomic E-state index is 0.205. The van der Waals surface area contributed by atoms with E-state index in [1.54, 1.807) is 0 Å². The lowest BCUT2D eigenvalue weighted by Gasteiger charge is -2.28. The first-order chi connectivity index (χ1) is 14.8. The van der Waals surface area contributed by atoms with E-state index in [1.807, 2.05) is 7.28 Å². The molecule has 3 nitrogen and oxygen atoms in total. The summed E-state index contributed by atoms with van der Waals surface area (Å²) in [4.78, 5) is 12.7. The van der Waals surface area contributed by atoms with E-state index in [0.717, 1.165) is 18.7 Å². The lowest BCUT2D eigenvalue weighted by atomic mass is 9.59. The Hall–Kier alpha value is -0.440. The molecule has 1 amide bonds. The molecular weight excluding hydrogens is 366 g/mol. The first kappa shape index (κ1) is 24.2. The van der Waals surface area contributed by atoms with Crippen LogP contribution in [-0.4, -0.2) is 32.6 Å². The maximum Gasteiger partial charge on any atom is 0.236 e. The molecule has 0 aromatic rings. The van der Waals surface area contributed by atoms with Crippen molar-refractivity contribution in [2.45, 2.75) is 152 Å². The van der Waals surface area contributed by atoms with Crippen molar-refractivity contribution in [3.05, 3.63) is 0 Å². The third-order valence-corrected chi connectivity index (χ3v) is 7.82. The van der Waals surface area contributed by atoms with Crippen LogP contribution in [0.5, 0.6) is 0 Å². The summed E-state index contributed by atoms with van der Waals surface area (Å²) in [6.07, 6.45) is 26.2. The summed E-state index contributed by atoms with van der Waals surface area (Å²) in [5, 5.41) is 7.19. The van der Waals surface area contributed by atoms with Gasteiger partial charge in [0, 0.05) is 6.04 Å². The van der Waals surface area contributed by atoms with Crippen LogP contribution in [0, 0.1) is 0 Å². The number of hydrogen-bond donors (Lipinski definition) is 2. The molecular formula is C25H46B2N2O. The van der Waals surface area contributed by atoms with Gasteiger partial charge in [0.25, 0.3) is 0 Å². The van der Waals surface area contributed by atoms with Gasteiger partial charge in [-0.1, -0.05) is 114 Å². The summed E-state index contributed by atoms with van der Waals surface area (Å²) < 4.78 is 0. The van der Waals surface area contributed by atoms with Crippen molar-refractivity contribution in [2.75, 3.05) is 0 Å². The molecule has 0 aliphatic heterocycles. The fraction of sp³-hybridized carbons (Fsp3) is 0.960. The van der Waals surface area contributed by atoms with E-state index in [2.05, 4.69) is 18.0 Å². The normalized spacial score (nSPS) is 28.7. The number of carbonyl (C=O) groups is 1. The largest absolute Gasteiger partial charge is 0.363 e. The average molecular weight is 412 g/mol. The highest BCUT2D eigenvalue weighted by atomic mass is 16.1. The zero-order valence-electron chi connectivity index (χ0n) is 19.5. The molecule has 3 saturated carbocycles. The second-order valence-corrected chi connectivity index (χ2v) is 10.5. The van der Waals surface area contributed by atoms with Gasteiger partial charge in [-0.3, -0.25) is 4.79 Å². The minimum Gasteiger partial charge on any atom is -0.363 e. The first-order valence-corrected chi connectivity index (χ1v) is 13.5. The van der Waals surface area contributed by atoms with Gasteiger partial charge in [-0.2, -0.15) is 0 Å². The molecule has 2 radical (unpaired) electrons. The molecule has 0 saturated heterocycles. The Morgan fingerprint density at radius 3 is 1.63 bits per heavy atom. The summed E-state index contributed by atoms with van der Waals surface area (Å²) in [5.74, 6) is 1.48. The molecule has 3 aliphatic carbocycles. The van der Waals surface area contributed by atoms with Gasteiger partial charge in [0.1, 0.15) is 0 Å². The van der Waals surface area contributed by atoms with Crippen LogP contribution in [0.3, 0.4) is 0 Å². The quantitative estimate of drug-likeness (QED) is 0.473. The Bertz CT molecular complexity index is 460. The van der Waals surface area contributed by atoms with E-state index in [-0.39, 0.29) is 5.81 Å². The Labute approximate surface area is 188 Å². The third-order valence-electron chi connectivity index (χ3n) is 7.82. The van der Waals surface area contributed by atoms with E-state index < -0.39 is 0 Å². The summed E-state index contributed by atoms with van der Waals surface area (Å²) in [5.41, 5.74) is 0. The Morgan fingerprint density at radius 2 is 1.00 bits per heavy atom. The second-order valence-electron chi connectivity index (χ2n) is 10.5. The monoisotopic (exact) mass is 412 g/mol. The molecule has 0 heterocycles. The van der Waals surface area contributed by atoms with E-state index in [9.17, 15) is 4.79 Å². The van der Waals surface area contributed by atoms with Crippen LogP contribution >= 0.6 is 0 Å². The topological polar surface area (TPSA) is 41.1 Å². The molecule has 30 heavy (non-hydrogen) atoms. The van der Waals surface area contributed by atoms with Crippen LogP contribution in [0.15, 0.2) is 0 Å². The van der Waals surface area contributed by atoms with E-state index in [4.69, 9.17) is 0 Å². The number of carbonyl (C=O) groups excluding carboxylic acids is 1. The molecule has 168 valence electrons. The van der Waals surface area contributed by atoms with Crippen LogP contribution in [0.1, 0.15) is 128 Å². The van der Waals surface area contributed by atoms with Crippen molar-refractivity contribution in [1.82, 2.24) is 10.5 Å². The molecule has 3 fully saturated rings. The summed E-state index contributed by atoms with van der Waals surface area (Å²) in [6.45, 7) is 0. The Kier molecular flexibility index (Phi) is 11.8. The lowest BCUT2D eigenvalue weighted by molar-refractivity contribution is 0.251. The highest BCUT2D eigenvalue weighted by Crippen LogP contribution is 2.27. The van der Waals surface area contributed by atoms with Crippen molar-refractivity contribution < 1.29 is 4.79 Å². The second kappa shape index (κ2) is 14.6. The first-order valence-electron chi connectivity index (χ1n) is 13.5. The molecule has 0 spiro atoms. The van der Waals surface area contributed by atoms with Gasteiger partial charge in [0.15, 0.2) is 5.81 Å². The average Bonchev–Trinajstić information content (AvgIpc) is 2.67. The number of rotatable bonds is 6. The number of amides is 1. The van der Waals surface area contributed by atoms with Crippen molar-refractivity contribution in [2.24, 2.45) is 0 Å². The van der Waals surface area contributed by atoms with Crippen LogP contribution in [0.4, 0.5) is 4.79 Å². The summed E-state index contributed by atoms with van der Waals surface area (Å²) in [6, 6.07) is 0.970. The van der Waals surface area contributed by atoms with E-state index in [0.29, 0.717) is 17.9 Å². The van der Waals surface area contributed by atoms with Crippen LogP contribution in [0.25, 0.3) is 0 Å². The van der Waals surface area contributed by atoms with Gasteiger partial charge in [0.05, 0.1) is 0 Å². The minimum absolute atomic E-state index is 0.205. The summed E-state index contributed by atoms with van der Waals surface area (Å²) in [7, 11) is 4.48. The molecule has 2 N–H and O–H groups in total. The molecule has 2 unspecified atom stereocenters. The van der Waals surface area contributed by atoms with Crippen LogP contribution < -0.4 is 10.5 Å². The van der Waals surface area contributed by atoms with Crippen molar-refractivity contribution in [3.63, 3.8) is 0 Å². The molecule has 2 atom stereocenters.